The van der Waals surface area contributed by atoms with Gasteiger partial charge in [0.05, 0.1) is 0 Å². The molecule has 0 atom stereocenters. The highest BCUT2D eigenvalue weighted by atomic mass is 16.2. The Labute approximate surface area is 406 Å². The lowest BCUT2D eigenvalue weighted by molar-refractivity contribution is -0.135. The normalized spacial score (nSPS) is 23.6. The summed E-state index contributed by atoms with van der Waals surface area (Å²) in [6.07, 6.45) is 31.4. The molecule has 0 unspecified atom stereocenters. The van der Waals surface area contributed by atoms with Gasteiger partial charge in [-0.3, -0.25) is 19.2 Å². The molecule has 0 aromatic carbocycles. The number of nitrogens with zero attached hydrogens (tertiary/aromatic N) is 4. The summed E-state index contributed by atoms with van der Waals surface area (Å²) >= 11 is 0. The maximum absolute atomic E-state index is 12.3. The summed E-state index contributed by atoms with van der Waals surface area (Å²) in [5.74, 6) is 11.0. The third-order valence-electron chi connectivity index (χ3n) is 18.3. The average molecular weight is 921 g/mol. The summed E-state index contributed by atoms with van der Waals surface area (Å²) in [6, 6.07) is 0. The Bertz CT molecular complexity index is 1390. The molecule has 4 amide bonds. The van der Waals surface area contributed by atoms with Gasteiger partial charge in [-0.2, -0.15) is 0 Å². The van der Waals surface area contributed by atoms with Crippen LogP contribution in [0.1, 0.15) is 222 Å². The second-order valence-corrected chi connectivity index (χ2v) is 24.6. The number of hydrogen-bond acceptors (Lipinski definition) is 4. The summed E-state index contributed by atoms with van der Waals surface area (Å²) in [5, 5.41) is 0. The van der Waals surface area contributed by atoms with Crippen LogP contribution in [-0.2, 0) is 19.2 Å². The minimum absolute atomic E-state index is 0.416. The fraction of sp³-hybridized carbons (Fsp3) is 0.931. The minimum atomic E-state index is 0.416. The van der Waals surface area contributed by atoms with Crippen LogP contribution in [0, 0.1) is 71.0 Å². The van der Waals surface area contributed by atoms with Crippen LogP contribution in [0.4, 0.5) is 0 Å². The van der Waals surface area contributed by atoms with E-state index in [-0.39, 0.29) is 0 Å². The fourth-order valence-corrected chi connectivity index (χ4v) is 12.4. The van der Waals surface area contributed by atoms with Crippen molar-refractivity contribution in [3.63, 3.8) is 0 Å². The van der Waals surface area contributed by atoms with E-state index in [1.807, 2.05) is 0 Å². The highest BCUT2D eigenvalue weighted by Gasteiger charge is 2.32. The molecule has 4 saturated carbocycles. The number of piperidine rings is 4. The van der Waals surface area contributed by atoms with Crippen LogP contribution in [0.5, 0.6) is 0 Å². The van der Waals surface area contributed by atoms with E-state index in [9.17, 15) is 19.2 Å². The molecule has 4 saturated heterocycles. The van der Waals surface area contributed by atoms with Gasteiger partial charge in [0.15, 0.2) is 0 Å². The smallest absolute Gasteiger partial charge is 0.222 e. The first-order valence-corrected chi connectivity index (χ1v) is 28.8. The van der Waals surface area contributed by atoms with Gasteiger partial charge in [-0.15, -0.1) is 0 Å². The highest BCUT2D eigenvalue weighted by molar-refractivity contribution is 5.78. The maximum Gasteiger partial charge on any atom is 0.222 e. The third-order valence-corrected chi connectivity index (χ3v) is 18.3. The predicted molar refractivity (Wildman–Crippen MR) is 274 cm³/mol. The number of amides is 4. The molecule has 0 N–H and O–H groups in total. The topological polar surface area (TPSA) is 81.2 Å². The van der Waals surface area contributed by atoms with Crippen molar-refractivity contribution >= 4 is 23.6 Å². The van der Waals surface area contributed by atoms with Gasteiger partial charge in [0.1, 0.15) is 0 Å². The Hall–Kier alpha value is -2.12. The molecule has 8 fully saturated rings. The minimum Gasteiger partial charge on any atom is -0.343 e. The van der Waals surface area contributed by atoms with Gasteiger partial charge >= 0.3 is 0 Å². The van der Waals surface area contributed by atoms with Crippen molar-refractivity contribution in [3.8, 4) is 0 Å². The largest absolute Gasteiger partial charge is 0.343 e. The molecule has 4 aliphatic heterocycles. The van der Waals surface area contributed by atoms with Crippen LogP contribution in [0.15, 0.2) is 0 Å². The van der Waals surface area contributed by atoms with Crippen molar-refractivity contribution in [2.45, 2.75) is 222 Å². The Morgan fingerprint density at radius 3 is 0.667 bits per heavy atom. The molecule has 8 rings (SSSR count). The van der Waals surface area contributed by atoms with Gasteiger partial charge in [-0.1, -0.05) is 93.9 Å². The zero-order valence-electron chi connectivity index (χ0n) is 44.4. The fourth-order valence-electron chi connectivity index (χ4n) is 12.4. The van der Waals surface area contributed by atoms with Crippen LogP contribution in [0.2, 0.25) is 0 Å². The monoisotopic (exact) mass is 921 g/mol. The third kappa shape index (κ3) is 19.0. The molecule has 380 valence electrons. The van der Waals surface area contributed by atoms with E-state index in [0.29, 0.717) is 35.5 Å². The number of hydrogen-bond donors (Lipinski definition) is 0. The second kappa shape index (κ2) is 28.5. The molecule has 8 aliphatic rings. The van der Waals surface area contributed by atoms with Gasteiger partial charge in [0, 0.05) is 78.0 Å². The Balaban J connectivity index is 0.000000165. The highest BCUT2D eigenvalue weighted by Crippen LogP contribution is 2.35. The van der Waals surface area contributed by atoms with E-state index in [0.717, 1.165) is 137 Å². The molecule has 4 heterocycles. The van der Waals surface area contributed by atoms with Crippen molar-refractivity contribution in [1.29, 1.82) is 0 Å². The van der Waals surface area contributed by atoms with E-state index in [1.54, 1.807) is 0 Å². The first-order chi connectivity index (χ1) is 31.7. The Morgan fingerprint density at radius 1 is 0.288 bits per heavy atom. The van der Waals surface area contributed by atoms with Crippen LogP contribution in [0.25, 0.3) is 0 Å². The van der Waals surface area contributed by atoms with Crippen LogP contribution >= 0.6 is 0 Å². The molecule has 66 heavy (non-hydrogen) atoms. The summed E-state index contributed by atoms with van der Waals surface area (Å²) in [5.41, 5.74) is 0. The molecule has 8 heteroatoms. The van der Waals surface area contributed by atoms with Crippen molar-refractivity contribution in [2.75, 3.05) is 52.4 Å². The Morgan fingerprint density at radius 2 is 0.485 bits per heavy atom. The molecule has 4 aliphatic carbocycles. The molecular weight excluding hydrogens is 817 g/mol. The van der Waals surface area contributed by atoms with E-state index in [4.69, 9.17) is 0 Å². The Kier molecular flexibility index (Phi) is 23.7. The molecule has 0 radical (unpaired) electrons. The average Bonchev–Trinajstić information content (AvgIpc) is 3.98. The standard InChI is InChI=1S/C16H29NO.C15H27NO.C14H25NO.C13H23NO/c1-13(2)15-8-10-17(11-9-15)16(18)12-14-6-4-3-5-7-14;1-12(2)14-7-9-16(10-8-14)15(17)11-13-5-3-4-6-13;1-11(2)13-6-8-15(9-7-13)14(16)10-12-4-3-5-12;1-10(2)12-5-7-14(8-6-12)13(15)9-11-3-4-11/h13-15H,3-12H2,1-2H3;12-14H,3-11H2,1-2H3;11-13H,3-10H2,1-2H3;10-12H,3-9H2,1-2H3. The van der Waals surface area contributed by atoms with Crippen molar-refractivity contribution in [2.24, 2.45) is 71.0 Å². The molecule has 8 nitrogen and oxygen atoms in total. The van der Waals surface area contributed by atoms with Crippen molar-refractivity contribution < 1.29 is 19.2 Å². The number of rotatable bonds is 12. The van der Waals surface area contributed by atoms with Gasteiger partial charge in [0.2, 0.25) is 23.6 Å². The van der Waals surface area contributed by atoms with E-state index in [1.165, 1.54) is 141 Å². The van der Waals surface area contributed by atoms with Gasteiger partial charge in [-0.25, -0.2) is 0 Å². The van der Waals surface area contributed by atoms with Crippen molar-refractivity contribution in [1.82, 2.24) is 19.6 Å². The van der Waals surface area contributed by atoms with E-state index in [2.05, 4.69) is 75.0 Å². The van der Waals surface area contributed by atoms with Crippen LogP contribution in [-0.4, -0.2) is 95.6 Å². The molecule has 0 spiro atoms. The van der Waals surface area contributed by atoms with E-state index >= 15 is 0 Å². The molecule has 0 aromatic heterocycles. The SMILES string of the molecule is CC(C)C1CCN(C(=O)CC2CC2)CC1.CC(C)C1CCN(C(=O)CC2CCC2)CC1.CC(C)C1CCN(C(=O)CC2CCCC2)CC1.CC(C)C1CCN(C(=O)CC2CCCCC2)CC1. The molecule has 0 aromatic rings. The lowest BCUT2D eigenvalue weighted by Gasteiger charge is -2.35. The summed E-state index contributed by atoms with van der Waals surface area (Å²) in [7, 11) is 0. The molecular formula is C58H104N4O4. The predicted octanol–water partition coefficient (Wildman–Crippen LogP) is 13.1. The number of likely N-dealkylation sites (tertiary alicyclic amines) is 4. The van der Waals surface area contributed by atoms with Crippen molar-refractivity contribution in [3.05, 3.63) is 0 Å². The maximum atomic E-state index is 12.3. The summed E-state index contributed by atoms with van der Waals surface area (Å²) < 4.78 is 0. The van der Waals surface area contributed by atoms with Gasteiger partial charge in [0.25, 0.3) is 0 Å². The summed E-state index contributed by atoms with van der Waals surface area (Å²) in [4.78, 5) is 56.7. The lowest BCUT2D eigenvalue weighted by atomic mass is 9.82. The van der Waals surface area contributed by atoms with E-state index < -0.39 is 0 Å². The van der Waals surface area contributed by atoms with Crippen LogP contribution < -0.4 is 0 Å². The lowest BCUT2D eigenvalue weighted by Crippen LogP contribution is -2.40. The van der Waals surface area contributed by atoms with Gasteiger partial charge in [-0.05, 0) is 174 Å². The first kappa shape index (κ1) is 54.8. The molecule has 0 bridgehead atoms. The zero-order valence-corrected chi connectivity index (χ0v) is 44.4. The zero-order chi connectivity index (χ0) is 47.6. The van der Waals surface area contributed by atoms with Gasteiger partial charge < -0.3 is 19.6 Å². The number of carbonyl (C=O) groups excluding carboxylic acids is 4. The summed E-state index contributed by atoms with van der Waals surface area (Å²) in [6.45, 7) is 26.5. The quantitative estimate of drug-likeness (QED) is 0.195. The second-order valence-electron chi connectivity index (χ2n) is 24.6. The van der Waals surface area contributed by atoms with Crippen LogP contribution in [0.3, 0.4) is 0 Å². The number of carbonyl (C=O) groups is 4. The first-order valence-electron chi connectivity index (χ1n) is 28.8.